The zero-order valence-corrected chi connectivity index (χ0v) is 9.13. The molecule has 0 aromatic carbocycles. The number of hydrogen-bond acceptors (Lipinski definition) is 2. The van der Waals surface area contributed by atoms with Crippen LogP contribution in [0.2, 0.25) is 0 Å². The van der Waals surface area contributed by atoms with E-state index in [1.54, 1.807) is 0 Å². The van der Waals surface area contributed by atoms with E-state index in [2.05, 4.69) is 0 Å². The van der Waals surface area contributed by atoms with E-state index in [0.717, 1.165) is 32.0 Å². The van der Waals surface area contributed by atoms with Crippen molar-refractivity contribution in [3.8, 4) is 0 Å². The summed E-state index contributed by atoms with van der Waals surface area (Å²) >= 11 is 0. The van der Waals surface area contributed by atoms with Crippen molar-refractivity contribution in [3.05, 3.63) is 0 Å². The predicted molar refractivity (Wildman–Crippen MR) is 58.2 cm³/mol. The Morgan fingerprint density at radius 3 is 2.36 bits per heavy atom. The van der Waals surface area contributed by atoms with Crippen LogP contribution in [0.5, 0.6) is 0 Å². The van der Waals surface area contributed by atoms with Crippen molar-refractivity contribution in [3.63, 3.8) is 0 Å². The van der Waals surface area contributed by atoms with E-state index in [9.17, 15) is 0 Å². The second kappa shape index (κ2) is 4.63. The van der Waals surface area contributed by atoms with Crippen molar-refractivity contribution < 1.29 is 4.74 Å². The lowest BCUT2D eigenvalue weighted by molar-refractivity contribution is 0.0625. The van der Waals surface area contributed by atoms with Crippen molar-refractivity contribution >= 4 is 0 Å². The summed E-state index contributed by atoms with van der Waals surface area (Å²) in [6.45, 7) is 1.75. The molecule has 0 heterocycles. The summed E-state index contributed by atoms with van der Waals surface area (Å²) in [6.07, 6.45) is 10.5. The fourth-order valence-electron chi connectivity index (χ4n) is 2.83. The molecule has 0 aliphatic heterocycles. The van der Waals surface area contributed by atoms with Crippen LogP contribution in [0.15, 0.2) is 0 Å². The molecule has 0 aromatic heterocycles. The van der Waals surface area contributed by atoms with Crippen LogP contribution in [-0.4, -0.2) is 18.8 Å². The highest BCUT2D eigenvalue weighted by atomic mass is 16.5. The van der Waals surface area contributed by atoms with E-state index in [1.165, 1.54) is 38.5 Å². The third-order valence-electron chi connectivity index (χ3n) is 3.82. The van der Waals surface area contributed by atoms with Gasteiger partial charge in [0.15, 0.2) is 0 Å². The maximum absolute atomic E-state index is 6.22. The van der Waals surface area contributed by atoms with Crippen LogP contribution in [0.25, 0.3) is 0 Å². The minimum Gasteiger partial charge on any atom is -0.379 e. The predicted octanol–water partition coefficient (Wildman–Crippen LogP) is 2.46. The summed E-state index contributed by atoms with van der Waals surface area (Å²) in [5, 5.41) is 0. The quantitative estimate of drug-likeness (QED) is 0.751. The summed E-state index contributed by atoms with van der Waals surface area (Å²) in [4.78, 5) is 0. The van der Waals surface area contributed by atoms with Gasteiger partial charge in [-0.2, -0.15) is 0 Å². The Kier molecular flexibility index (Phi) is 3.45. The van der Waals surface area contributed by atoms with Gasteiger partial charge in [0, 0.05) is 12.1 Å². The van der Waals surface area contributed by atoms with Gasteiger partial charge in [0.2, 0.25) is 0 Å². The summed E-state index contributed by atoms with van der Waals surface area (Å²) in [6, 6.07) is 0. The molecule has 2 aliphatic rings. The van der Waals surface area contributed by atoms with Crippen molar-refractivity contribution in [2.24, 2.45) is 11.7 Å². The van der Waals surface area contributed by atoms with Crippen LogP contribution in [0.4, 0.5) is 0 Å². The van der Waals surface area contributed by atoms with Crippen molar-refractivity contribution in [1.82, 2.24) is 0 Å². The van der Waals surface area contributed by atoms with E-state index in [0.29, 0.717) is 0 Å². The zero-order chi connectivity index (χ0) is 9.86. The molecule has 2 saturated carbocycles. The van der Waals surface area contributed by atoms with Gasteiger partial charge in [-0.05, 0) is 31.6 Å². The molecule has 0 radical (unpaired) electrons. The van der Waals surface area contributed by atoms with Crippen LogP contribution in [0, 0.1) is 5.92 Å². The third kappa shape index (κ3) is 2.71. The Labute approximate surface area is 87.2 Å². The van der Waals surface area contributed by atoms with Gasteiger partial charge in [-0.3, -0.25) is 0 Å². The molecule has 14 heavy (non-hydrogen) atoms. The Morgan fingerprint density at radius 2 is 1.71 bits per heavy atom. The Bertz CT molecular complexity index is 169. The number of nitrogens with two attached hydrogens (primary N) is 1. The van der Waals surface area contributed by atoms with Crippen molar-refractivity contribution in [2.75, 3.05) is 13.2 Å². The number of rotatable bonds is 4. The molecule has 2 rings (SSSR count). The monoisotopic (exact) mass is 197 g/mol. The van der Waals surface area contributed by atoms with E-state index in [-0.39, 0.29) is 5.54 Å². The number of hydrogen-bond donors (Lipinski definition) is 1. The molecule has 2 nitrogen and oxygen atoms in total. The highest BCUT2D eigenvalue weighted by molar-refractivity contribution is 4.89. The van der Waals surface area contributed by atoms with Crippen LogP contribution < -0.4 is 5.73 Å². The largest absolute Gasteiger partial charge is 0.379 e. The van der Waals surface area contributed by atoms with Crippen LogP contribution in [0.3, 0.4) is 0 Å². The molecular weight excluding hydrogens is 174 g/mol. The molecule has 0 spiro atoms. The molecule has 2 aliphatic carbocycles. The molecule has 0 aromatic rings. The molecule has 0 unspecified atom stereocenters. The first-order valence-electron chi connectivity index (χ1n) is 6.15. The molecule has 82 valence electrons. The van der Waals surface area contributed by atoms with Gasteiger partial charge in [-0.1, -0.05) is 25.7 Å². The first kappa shape index (κ1) is 10.4. The molecule has 2 heteroatoms. The van der Waals surface area contributed by atoms with Gasteiger partial charge >= 0.3 is 0 Å². The Hall–Kier alpha value is -0.0800. The van der Waals surface area contributed by atoms with Gasteiger partial charge in [0.05, 0.1) is 6.61 Å². The van der Waals surface area contributed by atoms with Crippen molar-refractivity contribution in [2.45, 2.75) is 56.9 Å². The summed E-state index contributed by atoms with van der Waals surface area (Å²) in [5.41, 5.74) is 6.25. The smallest absolute Gasteiger partial charge is 0.0646 e. The van der Waals surface area contributed by atoms with Crippen molar-refractivity contribution in [1.29, 1.82) is 0 Å². The van der Waals surface area contributed by atoms with Gasteiger partial charge in [0.1, 0.15) is 0 Å². The molecule has 0 atom stereocenters. The van der Waals surface area contributed by atoms with E-state index in [4.69, 9.17) is 10.5 Å². The van der Waals surface area contributed by atoms with Gasteiger partial charge in [-0.15, -0.1) is 0 Å². The minimum absolute atomic E-state index is 0.0264. The third-order valence-corrected chi connectivity index (χ3v) is 3.82. The normalized spacial score (nSPS) is 27.2. The Morgan fingerprint density at radius 1 is 1.07 bits per heavy atom. The Balaban J connectivity index is 1.61. The van der Waals surface area contributed by atoms with E-state index in [1.807, 2.05) is 0 Å². The minimum atomic E-state index is 0.0264. The van der Waals surface area contributed by atoms with Crippen LogP contribution in [0.1, 0.15) is 51.4 Å². The molecule has 0 amide bonds. The first-order chi connectivity index (χ1) is 6.79. The maximum Gasteiger partial charge on any atom is 0.0646 e. The summed E-state index contributed by atoms with van der Waals surface area (Å²) in [7, 11) is 0. The molecular formula is C12H23NO. The SMILES string of the molecule is NC1(COCC2CCCC2)CCCC1. The average molecular weight is 197 g/mol. The molecule has 0 saturated heterocycles. The average Bonchev–Trinajstić information content (AvgIpc) is 2.77. The maximum atomic E-state index is 6.22. The zero-order valence-electron chi connectivity index (χ0n) is 9.13. The molecule has 0 bridgehead atoms. The molecule has 2 N–H and O–H groups in total. The summed E-state index contributed by atoms with van der Waals surface area (Å²) < 4.78 is 5.78. The van der Waals surface area contributed by atoms with Crippen LogP contribution in [-0.2, 0) is 4.74 Å². The fourth-order valence-corrected chi connectivity index (χ4v) is 2.83. The van der Waals surface area contributed by atoms with E-state index < -0.39 is 0 Å². The van der Waals surface area contributed by atoms with Gasteiger partial charge < -0.3 is 10.5 Å². The van der Waals surface area contributed by atoms with Gasteiger partial charge in [-0.25, -0.2) is 0 Å². The second-order valence-corrected chi connectivity index (χ2v) is 5.24. The fraction of sp³-hybridized carbons (Fsp3) is 1.00. The standard InChI is InChI=1S/C12H23NO/c13-12(7-3-4-8-12)10-14-9-11-5-1-2-6-11/h11H,1-10,13H2. The lowest BCUT2D eigenvalue weighted by atomic mass is 10.0. The highest BCUT2D eigenvalue weighted by Crippen LogP contribution is 2.29. The summed E-state index contributed by atoms with van der Waals surface area (Å²) in [5.74, 6) is 0.833. The van der Waals surface area contributed by atoms with E-state index >= 15 is 0 Å². The molecule has 2 fully saturated rings. The topological polar surface area (TPSA) is 35.2 Å². The van der Waals surface area contributed by atoms with Gasteiger partial charge in [0.25, 0.3) is 0 Å². The first-order valence-corrected chi connectivity index (χ1v) is 6.15. The number of ether oxygens (including phenoxy) is 1. The van der Waals surface area contributed by atoms with Crippen LogP contribution >= 0.6 is 0 Å². The highest BCUT2D eigenvalue weighted by Gasteiger charge is 2.29. The second-order valence-electron chi connectivity index (χ2n) is 5.24. The lowest BCUT2D eigenvalue weighted by Crippen LogP contribution is -2.41. The lowest BCUT2D eigenvalue weighted by Gasteiger charge is -2.24.